The second-order valence-corrected chi connectivity index (χ2v) is 11.0. The highest BCUT2D eigenvalue weighted by atomic mass is 32.1. The quantitative estimate of drug-likeness (QED) is 0.280. The Morgan fingerprint density at radius 3 is 2.25 bits per heavy atom. The van der Waals surface area contributed by atoms with Crippen LogP contribution in [0.1, 0.15) is 61.2 Å². The van der Waals surface area contributed by atoms with Crippen molar-refractivity contribution < 1.29 is 23.9 Å². The Morgan fingerprint density at radius 2 is 1.68 bits per heavy atom. The molecule has 1 fully saturated rings. The number of nitriles is 1. The zero-order valence-electron chi connectivity index (χ0n) is 21.7. The first-order valence-electron chi connectivity index (χ1n) is 12.6. The zero-order valence-corrected chi connectivity index (χ0v) is 22.6. The molecule has 8 heteroatoms. The summed E-state index contributed by atoms with van der Waals surface area (Å²) in [5.41, 5.74) is 0.627. The van der Waals surface area contributed by atoms with Gasteiger partial charge in [0.2, 0.25) is 0 Å². The zero-order chi connectivity index (χ0) is 28.6. The number of nitrogens with zero attached hydrogens (tertiary/aromatic N) is 2. The number of carboxylic acids is 1. The first kappa shape index (κ1) is 27.0. The van der Waals surface area contributed by atoms with Crippen LogP contribution in [-0.4, -0.2) is 33.2 Å². The molecule has 4 atom stereocenters. The fraction of sp³-hybridized carbons (Fsp3) is 0.188. The molecule has 1 saturated heterocycles. The summed E-state index contributed by atoms with van der Waals surface area (Å²) in [6.07, 6.45) is 0. The van der Waals surface area contributed by atoms with Crippen molar-refractivity contribution in [3.63, 3.8) is 0 Å². The van der Waals surface area contributed by atoms with Crippen LogP contribution in [0.5, 0.6) is 0 Å². The first-order valence-corrected chi connectivity index (χ1v) is 13.5. The van der Waals surface area contributed by atoms with Crippen LogP contribution in [0.25, 0.3) is 0 Å². The summed E-state index contributed by atoms with van der Waals surface area (Å²) in [7, 11) is 0. The summed E-state index contributed by atoms with van der Waals surface area (Å²) < 4.78 is 13.8. The Hall–Kier alpha value is -4.61. The van der Waals surface area contributed by atoms with E-state index in [9.17, 15) is 29.1 Å². The summed E-state index contributed by atoms with van der Waals surface area (Å²) in [6, 6.07) is 23.3. The molecule has 6 nitrogen and oxygen atoms in total. The lowest BCUT2D eigenvalue weighted by molar-refractivity contribution is -0.148. The molecule has 2 heterocycles. The van der Waals surface area contributed by atoms with E-state index in [1.165, 1.54) is 35.3 Å². The van der Waals surface area contributed by atoms with E-state index in [2.05, 4.69) is 6.07 Å². The van der Waals surface area contributed by atoms with Gasteiger partial charge in [-0.25, -0.2) is 9.18 Å². The van der Waals surface area contributed by atoms with Gasteiger partial charge in [0, 0.05) is 11.5 Å². The predicted molar refractivity (Wildman–Crippen MR) is 149 cm³/mol. The number of hydrogen-bond donors (Lipinski definition) is 1. The van der Waals surface area contributed by atoms with Crippen LogP contribution in [0.2, 0.25) is 0 Å². The number of likely N-dealkylation sites (tertiary alicyclic amines) is 1. The minimum atomic E-state index is -1.88. The molecule has 0 radical (unpaired) electrons. The van der Waals surface area contributed by atoms with Crippen LogP contribution in [0.3, 0.4) is 0 Å². The number of carbonyl (C=O) groups is 3. The second-order valence-electron chi connectivity index (χ2n) is 10.1. The largest absolute Gasteiger partial charge is 0.479 e. The van der Waals surface area contributed by atoms with Crippen LogP contribution >= 0.6 is 11.3 Å². The van der Waals surface area contributed by atoms with Gasteiger partial charge in [-0.3, -0.25) is 9.59 Å². The van der Waals surface area contributed by atoms with Crippen LogP contribution in [0, 0.1) is 30.0 Å². The molecule has 1 aromatic heterocycles. The first-order chi connectivity index (χ1) is 19.2. The number of ketones is 1. The average molecular weight is 553 g/mol. The van der Waals surface area contributed by atoms with Crippen molar-refractivity contribution in [2.45, 2.75) is 31.3 Å². The van der Waals surface area contributed by atoms with Crippen molar-refractivity contribution in [1.29, 1.82) is 5.26 Å². The fourth-order valence-electron chi connectivity index (χ4n) is 5.82. The maximum Gasteiger partial charge on any atom is 0.330 e. The van der Waals surface area contributed by atoms with Gasteiger partial charge in [0.05, 0.1) is 28.5 Å². The number of Topliss-reactive ketones (excluding diaryl/α,β-unsaturated/α-hetero) is 1. The lowest BCUT2D eigenvalue weighted by Crippen LogP contribution is -2.54. The predicted octanol–water partition coefficient (Wildman–Crippen LogP) is 6.39. The molecular formula is C32H25FN2O4S. The fourth-order valence-corrected chi connectivity index (χ4v) is 6.53. The van der Waals surface area contributed by atoms with Crippen molar-refractivity contribution in [3.05, 3.63) is 129 Å². The van der Waals surface area contributed by atoms with E-state index in [0.29, 0.717) is 21.6 Å². The van der Waals surface area contributed by atoms with E-state index in [0.717, 1.165) is 17.7 Å². The molecule has 1 aliphatic heterocycles. The smallest absolute Gasteiger partial charge is 0.330 e. The monoisotopic (exact) mass is 552 g/mol. The molecule has 200 valence electrons. The van der Waals surface area contributed by atoms with Gasteiger partial charge in [0.25, 0.3) is 5.91 Å². The van der Waals surface area contributed by atoms with Crippen LogP contribution in [0.4, 0.5) is 4.39 Å². The molecule has 40 heavy (non-hydrogen) atoms. The van der Waals surface area contributed by atoms with Gasteiger partial charge in [0.1, 0.15) is 11.4 Å². The molecule has 0 bridgehead atoms. The molecule has 4 aromatic rings. The Balaban J connectivity index is 1.82. The number of aliphatic carboxylic acids is 1. The highest BCUT2D eigenvalue weighted by molar-refractivity contribution is 7.12. The van der Waals surface area contributed by atoms with E-state index in [4.69, 9.17) is 0 Å². The molecule has 0 aliphatic carbocycles. The van der Waals surface area contributed by atoms with Crippen molar-refractivity contribution in [2.24, 2.45) is 5.92 Å². The van der Waals surface area contributed by atoms with Gasteiger partial charge in [-0.1, -0.05) is 48.0 Å². The molecule has 5 rings (SSSR count). The van der Waals surface area contributed by atoms with E-state index < -0.39 is 41.1 Å². The van der Waals surface area contributed by atoms with E-state index in [-0.39, 0.29) is 11.3 Å². The van der Waals surface area contributed by atoms with Crippen molar-refractivity contribution >= 4 is 29.0 Å². The van der Waals surface area contributed by atoms with Crippen molar-refractivity contribution in [3.8, 4) is 6.07 Å². The molecular weight excluding hydrogens is 527 g/mol. The maximum absolute atomic E-state index is 14.3. The minimum absolute atomic E-state index is 0.106. The van der Waals surface area contributed by atoms with E-state index in [1.807, 2.05) is 25.1 Å². The summed E-state index contributed by atoms with van der Waals surface area (Å²) >= 11 is 1.25. The van der Waals surface area contributed by atoms with Gasteiger partial charge in [-0.2, -0.15) is 5.26 Å². The average Bonchev–Trinajstić information content (AvgIpc) is 3.58. The Labute approximate surface area is 234 Å². The summed E-state index contributed by atoms with van der Waals surface area (Å²) in [6.45, 7) is 3.35. The third-order valence-corrected chi connectivity index (χ3v) is 8.56. The minimum Gasteiger partial charge on any atom is -0.479 e. The maximum atomic E-state index is 14.3. The highest BCUT2D eigenvalue weighted by Crippen LogP contribution is 2.57. The lowest BCUT2D eigenvalue weighted by atomic mass is 9.72. The number of rotatable bonds is 6. The number of carbonyl (C=O) groups excluding carboxylic acids is 2. The Bertz CT molecular complexity index is 1630. The van der Waals surface area contributed by atoms with Crippen molar-refractivity contribution in [2.75, 3.05) is 0 Å². The van der Waals surface area contributed by atoms with Gasteiger partial charge in [-0.05, 0) is 72.8 Å². The topological polar surface area (TPSA) is 98.5 Å². The SMILES string of the molecule is Cc1cccc(C2C(C(=O)c3cccs3)C(c3ccc(C#N)cc3)C(C)(C(=O)O)N2C(=O)c2ccc(F)cc2)c1. The van der Waals surface area contributed by atoms with E-state index in [1.54, 1.807) is 47.8 Å². The summed E-state index contributed by atoms with van der Waals surface area (Å²) in [5.74, 6) is -4.66. The lowest BCUT2D eigenvalue weighted by Gasteiger charge is -2.38. The molecule has 0 spiro atoms. The summed E-state index contributed by atoms with van der Waals surface area (Å²) in [4.78, 5) is 43.6. The molecule has 3 aromatic carbocycles. The number of aryl methyl sites for hydroxylation is 1. The number of halogens is 1. The van der Waals surface area contributed by atoms with Gasteiger partial charge in [0.15, 0.2) is 5.78 Å². The number of benzene rings is 3. The standard InChI is InChI=1S/C32H25FN2O4S/c1-19-5-3-6-23(17-19)28-26(29(36)25-7-4-16-40-25)27(21-10-8-20(18-34)9-11-21)32(2,31(38)39)35(28)30(37)22-12-14-24(33)15-13-22/h3-17,26-28H,1-2H3,(H,38,39). The summed E-state index contributed by atoms with van der Waals surface area (Å²) in [5, 5.41) is 22.0. The molecule has 1 aliphatic rings. The number of thiophene rings is 1. The second kappa shape index (κ2) is 10.5. The molecule has 1 amide bonds. The number of amides is 1. The Kier molecular flexibility index (Phi) is 7.09. The molecule has 4 unspecified atom stereocenters. The third-order valence-electron chi connectivity index (χ3n) is 7.68. The Morgan fingerprint density at radius 1 is 0.975 bits per heavy atom. The number of hydrogen-bond acceptors (Lipinski definition) is 5. The van der Waals surface area contributed by atoms with E-state index >= 15 is 0 Å². The van der Waals surface area contributed by atoms with Gasteiger partial charge >= 0.3 is 5.97 Å². The van der Waals surface area contributed by atoms with Gasteiger partial charge < -0.3 is 10.0 Å². The highest BCUT2D eigenvalue weighted by Gasteiger charge is 2.65. The van der Waals surface area contributed by atoms with Gasteiger partial charge in [-0.15, -0.1) is 11.3 Å². The van der Waals surface area contributed by atoms with Crippen LogP contribution in [0.15, 0.2) is 90.3 Å². The number of carboxylic acid groups (broad SMARTS) is 1. The van der Waals surface area contributed by atoms with Crippen LogP contribution < -0.4 is 0 Å². The van der Waals surface area contributed by atoms with Crippen LogP contribution in [-0.2, 0) is 4.79 Å². The molecule has 0 saturated carbocycles. The normalized spacial score (nSPS) is 22.1. The molecule has 1 N–H and O–H groups in total. The van der Waals surface area contributed by atoms with Crippen molar-refractivity contribution in [1.82, 2.24) is 4.90 Å². The third kappa shape index (κ3) is 4.48.